The Balaban J connectivity index is 1.44. The van der Waals surface area contributed by atoms with Crippen LogP contribution in [0.15, 0.2) is 102 Å². The second kappa shape index (κ2) is 7.21. The fraction of sp³-hybridized carbons (Fsp3) is 0.0625. The summed E-state index contributed by atoms with van der Waals surface area (Å²) in [6.45, 7) is 0. The molecule has 0 aliphatic heterocycles. The summed E-state index contributed by atoms with van der Waals surface area (Å²) >= 11 is 1.85. The van der Waals surface area contributed by atoms with Crippen LogP contribution in [0.4, 0.5) is 0 Å². The van der Waals surface area contributed by atoms with Crippen LogP contribution in [0.25, 0.3) is 60.3 Å². The first-order chi connectivity index (χ1) is 17.4. The van der Waals surface area contributed by atoms with Gasteiger partial charge in [0.25, 0.3) is 0 Å². The summed E-state index contributed by atoms with van der Waals surface area (Å²) in [7, 11) is 0. The number of hydrogen-bond acceptors (Lipinski definition) is 1. The third-order valence-corrected chi connectivity index (χ3v) is 8.45. The van der Waals surface area contributed by atoms with Gasteiger partial charge in [-0.1, -0.05) is 60.7 Å². The molecule has 1 aliphatic carbocycles. The fourth-order valence-corrected chi connectivity index (χ4v) is 7.00. The van der Waals surface area contributed by atoms with Gasteiger partial charge in [0, 0.05) is 43.5 Å². The van der Waals surface area contributed by atoms with Crippen molar-refractivity contribution in [3.63, 3.8) is 0 Å². The minimum Gasteiger partial charge on any atom is -0.313 e. The van der Waals surface area contributed by atoms with Crippen molar-refractivity contribution in [1.29, 1.82) is 0 Å². The molecule has 0 unspecified atom stereocenters. The Morgan fingerprint density at radius 2 is 1.34 bits per heavy atom. The Bertz CT molecular complexity index is 1950. The maximum Gasteiger partial charge on any atom is 0.0552 e. The highest BCUT2D eigenvalue weighted by atomic mass is 32.1. The van der Waals surface area contributed by atoms with Crippen molar-refractivity contribution in [2.45, 2.75) is 12.8 Å². The van der Waals surface area contributed by atoms with Gasteiger partial charge < -0.3 is 9.13 Å². The van der Waals surface area contributed by atoms with Crippen LogP contribution in [0.5, 0.6) is 0 Å². The van der Waals surface area contributed by atoms with Crippen LogP contribution >= 0.6 is 11.3 Å². The lowest BCUT2D eigenvalue weighted by atomic mass is 9.99. The van der Waals surface area contributed by atoms with Crippen molar-refractivity contribution in [2.75, 3.05) is 0 Å². The smallest absolute Gasteiger partial charge is 0.0552 e. The molecule has 3 heteroatoms. The van der Waals surface area contributed by atoms with Gasteiger partial charge >= 0.3 is 0 Å². The second-order valence-electron chi connectivity index (χ2n) is 9.34. The van der Waals surface area contributed by atoms with Crippen molar-refractivity contribution in [1.82, 2.24) is 9.13 Å². The third-order valence-electron chi connectivity index (χ3n) is 7.50. The molecule has 0 fully saturated rings. The minimum absolute atomic E-state index is 1.01. The molecular weight excluding hydrogens is 444 g/mol. The average Bonchev–Trinajstić information content (AvgIpc) is 3.61. The fourth-order valence-electron chi connectivity index (χ4n) is 6.05. The van der Waals surface area contributed by atoms with E-state index in [1.54, 1.807) is 0 Å². The van der Waals surface area contributed by atoms with Gasteiger partial charge in [0.05, 0.1) is 16.6 Å². The normalized spacial score (nSPS) is 13.7. The molecule has 3 aromatic heterocycles. The highest BCUT2D eigenvalue weighted by molar-refractivity contribution is 7.18. The van der Waals surface area contributed by atoms with E-state index in [1.807, 2.05) is 11.3 Å². The van der Waals surface area contributed by atoms with E-state index in [-0.39, 0.29) is 0 Å². The van der Waals surface area contributed by atoms with Crippen molar-refractivity contribution < 1.29 is 0 Å². The van der Waals surface area contributed by atoms with Gasteiger partial charge in [0.1, 0.15) is 0 Å². The molecule has 0 atom stereocenters. The summed E-state index contributed by atoms with van der Waals surface area (Å²) in [6.07, 6.45) is 4.47. The van der Waals surface area contributed by atoms with E-state index < -0.39 is 0 Å². The van der Waals surface area contributed by atoms with Gasteiger partial charge in [-0.15, -0.1) is 11.3 Å². The average molecular weight is 467 g/mol. The lowest BCUT2D eigenvalue weighted by Gasteiger charge is -2.19. The zero-order chi connectivity index (χ0) is 22.9. The number of nitrogens with zero attached hydrogens (tertiary/aromatic N) is 2. The first-order valence-corrected chi connectivity index (χ1v) is 13.0. The second-order valence-corrected chi connectivity index (χ2v) is 10.3. The summed E-state index contributed by atoms with van der Waals surface area (Å²) < 4.78 is 6.36. The number of rotatable bonds is 2. The number of aromatic nitrogens is 2. The SMILES string of the molecule is C1=C(n2c3ccccc3c3c4sccc4ccc32)CCc2c1c1ccccc1n2-c1ccccc1. The summed E-state index contributed by atoms with van der Waals surface area (Å²) in [5.74, 6) is 0. The van der Waals surface area contributed by atoms with Gasteiger partial charge in [0.2, 0.25) is 0 Å². The van der Waals surface area contributed by atoms with Gasteiger partial charge in [-0.2, -0.15) is 0 Å². The number of allylic oxidation sites excluding steroid dienone is 1. The highest BCUT2D eigenvalue weighted by Gasteiger charge is 2.24. The number of benzene rings is 4. The third kappa shape index (κ3) is 2.64. The molecule has 8 rings (SSSR count). The van der Waals surface area contributed by atoms with E-state index in [0.29, 0.717) is 0 Å². The van der Waals surface area contributed by atoms with Crippen molar-refractivity contribution >= 4 is 65.9 Å². The van der Waals surface area contributed by atoms with E-state index in [9.17, 15) is 0 Å². The predicted molar refractivity (Wildman–Crippen MR) is 151 cm³/mol. The number of hydrogen-bond donors (Lipinski definition) is 0. The zero-order valence-corrected chi connectivity index (χ0v) is 19.9. The van der Waals surface area contributed by atoms with E-state index in [2.05, 4.69) is 118 Å². The van der Waals surface area contributed by atoms with Gasteiger partial charge in [-0.05, 0) is 66.1 Å². The Labute approximate surface area is 207 Å². The summed E-state index contributed by atoms with van der Waals surface area (Å²) in [5.41, 5.74) is 9.25. The first kappa shape index (κ1) is 19.2. The topological polar surface area (TPSA) is 9.86 Å². The highest BCUT2D eigenvalue weighted by Crippen LogP contribution is 2.42. The Hall–Kier alpha value is -4.08. The molecular formula is C32H22N2S. The van der Waals surface area contributed by atoms with Crippen LogP contribution in [0, 0.1) is 0 Å². The summed E-state index contributed by atoms with van der Waals surface area (Å²) in [4.78, 5) is 0. The van der Waals surface area contributed by atoms with E-state index in [0.717, 1.165) is 12.8 Å². The molecule has 0 saturated heterocycles. The standard InChI is InChI=1S/C32H22N2S/c1-2-8-22(9-3-1)33-27-12-6-4-10-24(27)26-20-23(15-17-29(26)33)34-28-13-7-5-11-25(28)31-30(34)16-14-21-18-19-35-32(21)31/h1-14,16,18-20H,15,17H2. The van der Waals surface area contributed by atoms with E-state index in [1.165, 1.54) is 65.4 Å². The maximum atomic E-state index is 2.52. The minimum atomic E-state index is 1.01. The van der Waals surface area contributed by atoms with Crippen LogP contribution in [-0.4, -0.2) is 9.13 Å². The molecule has 166 valence electrons. The first-order valence-electron chi connectivity index (χ1n) is 12.2. The van der Waals surface area contributed by atoms with Crippen molar-refractivity contribution in [3.05, 3.63) is 114 Å². The van der Waals surface area contributed by atoms with Gasteiger partial charge in [-0.3, -0.25) is 0 Å². The Morgan fingerprint density at radius 1 is 0.600 bits per heavy atom. The number of thiophene rings is 1. The molecule has 0 radical (unpaired) electrons. The molecule has 0 spiro atoms. The lowest BCUT2D eigenvalue weighted by Crippen LogP contribution is -2.08. The van der Waals surface area contributed by atoms with Crippen LogP contribution in [0.1, 0.15) is 17.7 Å². The van der Waals surface area contributed by atoms with Crippen molar-refractivity contribution in [3.8, 4) is 5.69 Å². The monoisotopic (exact) mass is 466 g/mol. The van der Waals surface area contributed by atoms with Gasteiger partial charge in [0.15, 0.2) is 0 Å². The zero-order valence-electron chi connectivity index (χ0n) is 19.1. The quantitative estimate of drug-likeness (QED) is 0.241. The predicted octanol–water partition coefficient (Wildman–Crippen LogP) is 8.90. The molecule has 35 heavy (non-hydrogen) atoms. The van der Waals surface area contributed by atoms with Crippen LogP contribution in [0.2, 0.25) is 0 Å². The molecule has 3 heterocycles. The van der Waals surface area contributed by atoms with E-state index >= 15 is 0 Å². The molecule has 0 bridgehead atoms. The van der Waals surface area contributed by atoms with Crippen LogP contribution in [-0.2, 0) is 6.42 Å². The number of fused-ring (bicyclic) bond motifs is 8. The Morgan fingerprint density at radius 3 is 2.20 bits per heavy atom. The van der Waals surface area contributed by atoms with E-state index in [4.69, 9.17) is 0 Å². The lowest BCUT2D eigenvalue weighted by molar-refractivity contribution is 0.873. The molecule has 2 nitrogen and oxygen atoms in total. The molecule has 4 aromatic carbocycles. The summed E-state index contributed by atoms with van der Waals surface area (Å²) in [5, 5.41) is 7.59. The van der Waals surface area contributed by atoms with Crippen molar-refractivity contribution in [2.24, 2.45) is 0 Å². The number of para-hydroxylation sites is 3. The molecule has 1 aliphatic rings. The maximum absolute atomic E-state index is 2.52. The largest absolute Gasteiger partial charge is 0.313 e. The molecule has 0 amide bonds. The molecule has 0 N–H and O–H groups in total. The van der Waals surface area contributed by atoms with Crippen LogP contribution in [0.3, 0.4) is 0 Å². The van der Waals surface area contributed by atoms with Gasteiger partial charge in [-0.25, -0.2) is 0 Å². The summed E-state index contributed by atoms with van der Waals surface area (Å²) in [6, 6.07) is 35.3. The molecule has 0 saturated carbocycles. The van der Waals surface area contributed by atoms with Crippen LogP contribution < -0.4 is 0 Å². The Kier molecular flexibility index (Phi) is 3.96. The molecule has 7 aromatic rings.